The monoisotopic (exact) mass is 266 g/mol. The van der Waals surface area contributed by atoms with Crippen molar-refractivity contribution in [3.8, 4) is 0 Å². The van der Waals surface area contributed by atoms with Gasteiger partial charge in [0.25, 0.3) is 0 Å². The Bertz CT molecular complexity index is 503. The Hall–Kier alpha value is -0.900. The first-order valence-corrected chi connectivity index (χ1v) is 6.12. The van der Waals surface area contributed by atoms with Crippen molar-refractivity contribution in [2.75, 3.05) is 0 Å². The second-order valence-corrected chi connectivity index (χ2v) is 4.65. The maximum Gasteiger partial charge on any atom is 1.00 e. The van der Waals surface area contributed by atoms with E-state index in [-0.39, 0.29) is 35.3 Å². The molecule has 0 aromatic heterocycles. The molecule has 0 saturated heterocycles. The molecular formula is C15H15NaO3. The molecule has 0 heterocycles. The first kappa shape index (κ1) is 16.2. The summed E-state index contributed by atoms with van der Waals surface area (Å²) in [5, 5.41) is 10.7. The maximum absolute atomic E-state index is 11.5. The molecule has 1 saturated carbocycles. The molecule has 1 aromatic carbocycles. The van der Waals surface area contributed by atoms with Gasteiger partial charge in [0.2, 0.25) is 0 Å². The van der Waals surface area contributed by atoms with Crippen molar-refractivity contribution in [2.45, 2.75) is 32.1 Å². The normalized spacial score (nSPS) is 18.2. The molecule has 0 amide bonds. The van der Waals surface area contributed by atoms with Gasteiger partial charge >= 0.3 is 29.6 Å². The summed E-state index contributed by atoms with van der Waals surface area (Å²) in [5.41, 5.74) is 2.53. The van der Waals surface area contributed by atoms with Gasteiger partial charge in [-0.2, -0.15) is 0 Å². The van der Waals surface area contributed by atoms with Crippen LogP contribution >= 0.6 is 0 Å². The van der Waals surface area contributed by atoms with Gasteiger partial charge in [-0.05, 0) is 35.6 Å². The number of rotatable bonds is 3. The van der Waals surface area contributed by atoms with Crippen LogP contribution in [0.2, 0.25) is 0 Å². The minimum Gasteiger partial charge on any atom is -0.550 e. The third-order valence-corrected chi connectivity index (χ3v) is 3.34. The summed E-state index contributed by atoms with van der Waals surface area (Å²) >= 11 is 0. The number of allylic oxidation sites excluding steroid dienone is 1. The number of benzene rings is 1. The fourth-order valence-electron chi connectivity index (χ4n) is 2.11. The van der Waals surface area contributed by atoms with E-state index in [4.69, 9.17) is 0 Å². The van der Waals surface area contributed by atoms with Crippen LogP contribution in [-0.2, 0) is 9.59 Å². The Balaban J connectivity index is 0.00000180. The van der Waals surface area contributed by atoms with Crippen molar-refractivity contribution < 1.29 is 44.3 Å². The van der Waals surface area contributed by atoms with E-state index in [9.17, 15) is 14.7 Å². The van der Waals surface area contributed by atoms with Crippen LogP contribution in [0.5, 0.6) is 0 Å². The summed E-state index contributed by atoms with van der Waals surface area (Å²) in [6.07, 6.45) is 4.31. The Morgan fingerprint density at radius 1 is 1.26 bits per heavy atom. The van der Waals surface area contributed by atoms with Crippen LogP contribution in [0.15, 0.2) is 29.8 Å². The van der Waals surface area contributed by atoms with E-state index in [1.807, 2.05) is 18.2 Å². The van der Waals surface area contributed by atoms with Crippen molar-refractivity contribution in [2.24, 2.45) is 0 Å². The van der Waals surface area contributed by atoms with Crippen molar-refractivity contribution >= 4 is 17.8 Å². The number of carboxylic acid groups (broad SMARTS) is 1. The topological polar surface area (TPSA) is 57.2 Å². The number of hydrogen-bond acceptors (Lipinski definition) is 3. The van der Waals surface area contributed by atoms with Crippen molar-refractivity contribution in [3.63, 3.8) is 0 Å². The number of Topliss-reactive ketones (excluding diaryl/α,β-unsaturated/α-hetero) is 1. The SMILES string of the molecule is CC(C(=O)[O-])c1ccc(C=C2CCCC2=O)cc1.[Na+]. The maximum atomic E-state index is 11.5. The summed E-state index contributed by atoms with van der Waals surface area (Å²) < 4.78 is 0. The largest absolute Gasteiger partial charge is 1.00 e. The van der Waals surface area contributed by atoms with E-state index < -0.39 is 11.9 Å². The summed E-state index contributed by atoms with van der Waals surface area (Å²) in [5.74, 6) is -1.46. The summed E-state index contributed by atoms with van der Waals surface area (Å²) in [6.45, 7) is 1.60. The summed E-state index contributed by atoms with van der Waals surface area (Å²) in [4.78, 5) is 22.2. The van der Waals surface area contributed by atoms with Crippen LogP contribution in [0, 0.1) is 0 Å². The van der Waals surface area contributed by atoms with E-state index >= 15 is 0 Å². The van der Waals surface area contributed by atoms with Crippen LogP contribution in [0.1, 0.15) is 43.2 Å². The molecule has 0 aliphatic heterocycles. The number of carbonyl (C=O) groups excluding carboxylic acids is 2. The average molecular weight is 266 g/mol. The Labute approximate surface area is 135 Å². The molecule has 1 aliphatic rings. The molecule has 2 rings (SSSR count). The number of hydrogen-bond donors (Lipinski definition) is 0. The molecule has 1 unspecified atom stereocenters. The molecule has 1 aliphatic carbocycles. The number of ketones is 1. The van der Waals surface area contributed by atoms with E-state index in [1.54, 1.807) is 19.1 Å². The van der Waals surface area contributed by atoms with Gasteiger partial charge in [-0.3, -0.25) is 4.79 Å². The van der Waals surface area contributed by atoms with Crippen LogP contribution in [0.25, 0.3) is 6.08 Å². The molecular weight excluding hydrogens is 251 g/mol. The van der Waals surface area contributed by atoms with Gasteiger partial charge in [-0.1, -0.05) is 31.2 Å². The summed E-state index contributed by atoms with van der Waals surface area (Å²) in [6, 6.07) is 7.22. The van der Waals surface area contributed by atoms with E-state index in [0.29, 0.717) is 6.42 Å². The van der Waals surface area contributed by atoms with Crippen LogP contribution in [0.3, 0.4) is 0 Å². The molecule has 0 bridgehead atoms. The number of aliphatic carboxylic acids is 1. The van der Waals surface area contributed by atoms with Crippen LogP contribution in [-0.4, -0.2) is 11.8 Å². The summed E-state index contributed by atoms with van der Waals surface area (Å²) in [7, 11) is 0. The second-order valence-electron chi connectivity index (χ2n) is 4.65. The standard InChI is InChI=1S/C15H16O3.Na/c1-10(15(17)18)12-7-5-11(6-8-12)9-13-3-2-4-14(13)16;/h5-10H,2-4H2,1H3,(H,17,18);/q;+1/p-1. The minimum absolute atomic E-state index is 0. The van der Waals surface area contributed by atoms with Crippen molar-refractivity contribution in [3.05, 3.63) is 41.0 Å². The molecule has 0 N–H and O–H groups in total. The number of carboxylic acids is 1. The van der Waals surface area contributed by atoms with Gasteiger partial charge in [0.05, 0.1) is 0 Å². The van der Waals surface area contributed by atoms with Gasteiger partial charge < -0.3 is 9.90 Å². The van der Waals surface area contributed by atoms with E-state index in [2.05, 4.69) is 0 Å². The minimum atomic E-state index is -1.08. The van der Waals surface area contributed by atoms with E-state index in [0.717, 1.165) is 29.5 Å². The Kier molecular flexibility index (Phi) is 5.98. The molecule has 3 nitrogen and oxygen atoms in total. The predicted molar refractivity (Wildman–Crippen MR) is 66.7 cm³/mol. The zero-order chi connectivity index (χ0) is 13.1. The van der Waals surface area contributed by atoms with Crippen molar-refractivity contribution in [1.29, 1.82) is 0 Å². The van der Waals surface area contributed by atoms with Crippen molar-refractivity contribution in [1.82, 2.24) is 0 Å². The molecule has 94 valence electrons. The molecule has 0 spiro atoms. The van der Waals surface area contributed by atoms with Crippen LogP contribution < -0.4 is 34.7 Å². The Morgan fingerprint density at radius 3 is 2.37 bits per heavy atom. The van der Waals surface area contributed by atoms with Gasteiger partial charge in [-0.25, -0.2) is 0 Å². The molecule has 0 radical (unpaired) electrons. The molecule has 19 heavy (non-hydrogen) atoms. The van der Waals surface area contributed by atoms with Gasteiger partial charge in [-0.15, -0.1) is 0 Å². The third-order valence-electron chi connectivity index (χ3n) is 3.34. The first-order valence-electron chi connectivity index (χ1n) is 6.12. The van der Waals surface area contributed by atoms with Gasteiger partial charge in [0, 0.05) is 18.3 Å². The molecule has 1 atom stereocenters. The fourth-order valence-corrected chi connectivity index (χ4v) is 2.11. The van der Waals surface area contributed by atoms with Gasteiger partial charge in [0.1, 0.15) is 0 Å². The Morgan fingerprint density at radius 2 is 1.89 bits per heavy atom. The average Bonchev–Trinajstić information content (AvgIpc) is 2.75. The first-order chi connectivity index (χ1) is 8.58. The molecule has 1 fully saturated rings. The number of carbonyl (C=O) groups is 2. The quantitative estimate of drug-likeness (QED) is 0.504. The second kappa shape index (κ2) is 7.04. The third kappa shape index (κ3) is 4.03. The molecule has 4 heteroatoms. The van der Waals surface area contributed by atoms with E-state index in [1.165, 1.54) is 0 Å². The van der Waals surface area contributed by atoms with Gasteiger partial charge in [0.15, 0.2) is 5.78 Å². The van der Waals surface area contributed by atoms with Crippen LogP contribution in [0.4, 0.5) is 0 Å². The zero-order valence-electron chi connectivity index (χ0n) is 11.3. The predicted octanol–water partition coefficient (Wildman–Crippen LogP) is -1.32. The fraction of sp³-hybridized carbons (Fsp3) is 0.333. The zero-order valence-corrected chi connectivity index (χ0v) is 13.3. The smallest absolute Gasteiger partial charge is 0.550 e. The molecule has 1 aromatic rings.